The average molecular weight is 573 g/mol. The summed E-state index contributed by atoms with van der Waals surface area (Å²) in [5, 5.41) is 13.3. The van der Waals surface area contributed by atoms with Crippen molar-refractivity contribution in [2.45, 2.75) is 89.0 Å². The molecule has 0 spiro atoms. The van der Waals surface area contributed by atoms with E-state index < -0.39 is 48.3 Å². The zero-order chi connectivity index (χ0) is 29.6. The van der Waals surface area contributed by atoms with E-state index in [2.05, 4.69) is 17.4 Å². The fourth-order valence-corrected chi connectivity index (χ4v) is 5.49. The predicted molar refractivity (Wildman–Crippen MR) is 152 cm³/mol. The molecule has 1 aromatic rings. The molecule has 4 rings (SSSR count). The smallest absolute Gasteiger partial charge is 0.465 e. The van der Waals surface area contributed by atoms with E-state index in [-0.39, 0.29) is 18.9 Å². The number of rotatable bonds is 11. The quantitative estimate of drug-likeness (QED) is 0.387. The Morgan fingerprint density at radius 1 is 1.05 bits per heavy atom. The van der Waals surface area contributed by atoms with Gasteiger partial charge in [0.05, 0.1) is 49.4 Å². The molecule has 3 amide bonds. The van der Waals surface area contributed by atoms with Crippen LogP contribution in [0.25, 0.3) is 0 Å². The van der Waals surface area contributed by atoms with E-state index in [1.54, 1.807) is 4.90 Å². The largest absolute Gasteiger partial charge is 0.481 e. The Morgan fingerprint density at radius 2 is 1.71 bits per heavy atom. The molecule has 3 aliphatic rings. The second kappa shape index (κ2) is 13.5. The van der Waals surface area contributed by atoms with Gasteiger partial charge < -0.3 is 34.1 Å². The first-order valence-corrected chi connectivity index (χ1v) is 14.6. The van der Waals surface area contributed by atoms with Crippen molar-refractivity contribution in [2.75, 3.05) is 39.5 Å². The number of carbonyl (C=O) groups is 3. The molecule has 1 aromatic carbocycles. The van der Waals surface area contributed by atoms with Gasteiger partial charge in [0.15, 0.2) is 0 Å². The van der Waals surface area contributed by atoms with Gasteiger partial charge in [0.25, 0.3) is 0 Å². The molecular formula is C29H44BN3O8. The van der Waals surface area contributed by atoms with E-state index in [1.807, 2.05) is 45.9 Å². The van der Waals surface area contributed by atoms with Gasteiger partial charge in [0.2, 0.25) is 11.8 Å². The molecule has 0 saturated carbocycles. The molecule has 0 bridgehead atoms. The molecule has 0 aliphatic carbocycles. The van der Waals surface area contributed by atoms with Crippen LogP contribution >= 0.6 is 0 Å². The topological polar surface area (TPSA) is 127 Å². The van der Waals surface area contributed by atoms with E-state index in [0.717, 1.165) is 17.7 Å². The van der Waals surface area contributed by atoms with Gasteiger partial charge in [-0.2, -0.15) is 0 Å². The third kappa shape index (κ3) is 7.79. The molecule has 0 aromatic heterocycles. The predicted octanol–water partition coefficient (Wildman–Crippen LogP) is 2.51. The van der Waals surface area contributed by atoms with Crippen LogP contribution in [0, 0.1) is 0 Å². The van der Waals surface area contributed by atoms with Crippen molar-refractivity contribution in [3.05, 3.63) is 35.9 Å². The molecule has 3 aliphatic heterocycles. The molecule has 0 unspecified atom stereocenters. The standard InChI is InChI=1S/C29H44BN3O8/c1-28(2)29(3,4)41-30(40-28)24(12-8-11-21-9-6-5-7-10-21)31-26(35)23(19-25(34)32-14-17-38-18-15-32)33(27(36)37)22-13-16-39-20-22/h5-7,9-10,22-24H,8,11-20H2,1-4H3,(H,31,35)(H,36,37)/t22-,23+,24-/m0/s1. The van der Waals surface area contributed by atoms with Crippen molar-refractivity contribution in [1.29, 1.82) is 0 Å². The zero-order valence-electron chi connectivity index (χ0n) is 24.7. The van der Waals surface area contributed by atoms with Crippen molar-refractivity contribution in [1.82, 2.24) is 15.1 Å². The van der Waals surface area contributed by atoms with Crippen LogP contribution in [-0.2, 0) is 34.8 Å². The van der Waals surface area contributed by atoms with Gasteiger partial charge in [-0.3, -0.25) is 14.5 Å². The average Bonchev–Trinajstić information content (AvgIpc) is 3.53. The van der Waals surface area contributed by atoms with Crippen LogP contribution in [0.5, 0.6) is 0 Å². The van der Waals surface area contributed by atoms with Crippen molar-refractivity contribution >= 4 is 25.0 Å². The lowest BCUT2D eigenvalue weighted by Crippen LogP contribution is -2.59. The molecule has 3 saturated heterocycles. The van der Waals surface area contributed by atoms with Gasteiger partial charge >= 0.3 is 13.2 Å². The summed E-state index contributed by atoms with van der Waals surface area (Å²) < 4.78 is 23.4. The van der Waals surface area contributed by atoms with Crippen LogP contribution in [0.3, 0.4) is 0 Å². The summed E-state index contributed by atoms with van der Waals surface area (Å²) in [5.74, 6) is -1.38. The Kier molecular flexibility index (Phi) is 10.3. The van der Waals surface area contributed by atoms with E-state index in [9.17, 15) is 19.5 Å². The molecule has 3 fully saturated rings. The number of hydrogen-bond donors (Lipinski definition) is 2. The van der Waals surface area contributed by atoms with Crippen LogP contribution < -0.4 is 5.32 Å². The van der Waals surface area contributed by atoms with Crippen LogP contribution in [0.1, 0.15) is 58.9 Å². The Balaban J connectivity index is 1.55. The van der Waals surface area contributed by atoms with Crippen LogP contribution in [0.15, 0.2) is 30.3 Å². The Morgan fingerprint density at radius 3 is 2.29 bits per heavy atom. The zero-order valence-corrected chi connectivity index (χ0v) is 24.7. The molecule has 41 heavy (non-hydrogen) atoms. The first-order chi connectivity index (χ1) is 19.5. The van der Waals surface area contributed by atoms with Gasteiger partial charge in [-0.1, -0.05) is 30.3 Å². The summed E-state index contributed by atoms with van der Waals surface area (Å²) in [6.07, 6.45) is 1.02. The second-order valence-electron chi connectivity index (χ2n) is 12.0. The third-order valence-corrected chi connectivity index (χ3v) is 8.64. The molecule has 12 heteroatoms. The normalized spacial score (nSPS) is 23.2. The lowest BCUT2D eigenvalue weighted by Gasteiger charge is -2.35. The van der Waals surface area contributed by atoms with Crippen LogP contribution in [0.2, 0.25) is 0 Å². The molecule has 11 nitrogen and oxygen atoms in total. The number of carboxylic acid groups (broad SMARTS) is 1. The van der Waals surface area contributed by atoms with E-state index in [4.69, 9.17) is 18.8 Å². The summed E-state index contributed by atoms with van der Waals surface area (Å²) >= 11 is 0. The molecule has 3 heterocycles. The van der Waals surface area contributed by atoms with Gasteiger partial charge in [-0.05, 0) is 58.9 Å². The van der Waals surface area contributed by atoms with E-state index in [0.29, 0.717) is 45.8 Å². The molecular weight excluding hydrogens is 529 g/mol. The molecule has 0 radical (unpaired) electrons. The summed E-state index contributed by atoms with van der Waals surface area (Å²) in [7, 11) is -0.733. The Bertz CT molecular complexity index is 1030. The highest BCUT2D eigenvalue weighted by atomic mass is 16.7. The second-order valence-corrected chi connectivity index (χ2v) is 12.0. The lowest BCUT2D eigenvalue weighted by atomic mass is 9.75. The maximum atomic E-state index is 14.0. The maximum absolute atomic E-state index is 14.0. The van der Waals surface area contributed by atoms with Crippen molar-refractivity contribution in [3.63, 3.8) is 0 Å². The van der Waals surface area contributed by atoms with Crippen LogP contribution in [-0.4, -0.2) is 109 Å². The summed E-state index contributed by atoms with van der Waals surface area (Å²) in [5.41, 5.74) is -0.0427. The molecule has 2 N–H and O–H groups in total. The van der Waals surface area contributed by atoms with Gasteiger partial charge in [0, 0.05) is 19.7 Å². The SMILES string of the molecule is CC1(C)OB([C@H](CCCc2ccccc2)NC(=O)[C@@H](CC(=O)N2CCOCC2)N(C(=O)O)[C@H]2CCOC2)OC1(C)C. The number of nitrogens with zero attached hydrogens (tertiary/aromatic N) is 2. The first-order valence-electron chi connectivity index (χ1n) is 14.6. The minimum absolute atomic E-state index is 0.180. The maximum Gasteiger partial charge on any atom is 0.481 e. The number of benzene rings is 1. The van der Waals surface area contributed by atoms with E-state index in [1.165, 1.54) is 5.56 Å². The van der Waals surface area contributed by atoms with Gasteiger partial charge in [0.1, 0.15) is 6.04 Å². The molecule has 3 atom stereocenters. The lowest BCUT2D eigenvalue weighted by molar-refractivity contribution is -0.140. The summed E-state index contributed by atoms with van der Waals surface area (Å²) in [6.45, 7) is 10.0. The number of carbonyl (C=O) groups excluding carboxylic acids is 2. The molecule has 226 valence electrons. The fraction of sp³-hybridized carbons (Fsp3) is 0.690. The first kappa shape index (κ1) is 31.3. The highest BCUT2D eigenvalue weighted by molar-refractivity contribution is 6.48. The number of nitrogens with one attached hydrogen (secondary N) is 1. The number of aryl methyl sites for hydroxylation is 1. The minimum Gasteiger partial charge on any atom is -0.465 e. The highest BCUT2D eigenvalue weighted by Crippen LogP contribution is 2.38. The Labute approximate surface area is 243 Å². The van der Waals surface area contributed by atoms with Gasteiger partial charge in [-0.25, -0.2) is 4.79 Å². The monoisotopic (exact) mass is 573 g/mol. The summed E-state index contributed by atoms with van der Waals surface area (Å²) in [4.78, 5) is 42.6. The van der Waals surface area contributed by atoms with Crippen molar-refractivity contribution in [2.24, 2.45) is 0 Å². The number of amides is 3. The fourth-order valence-electron chi connectivity index (χ4n) is 5.49. The number of ether oxygens (including phenoxy) is 2. The number of morpholine rings is 1. The third-order valence-electron chi connectivity index (χ3n) is 8.64. The van der Waals surface area contributed by atoms with Crippen molar-refractivity contribution < 1.29 is 38.3 Å². The van der Waals surface area contributed by atoms with E-state index >= 15 is 0 Å². The van der Waals surface area contributed by atoms with Crippen LogP contribution in [0.4, 0.5) is 4.79 Å². The summed E-state index contributed by atoms with van der Waals surface area (Å²) in [6, 6.07) is 8.33. The Hall–Kier alpha value is -2.67. The van der Waals surface area contributed by atoms with Crippen molar-refractivity contribution in [3.8, 4) is 0 Å². The van der Waals surface area contributed by atoms with Gasteiger partial charge in [-0.15, -0.1) is 0 Å². The number of hydrogen-bond acceptors (Lipinski definition) is 7. The highest BCUT2D eigenvalue weighted by Gasteiger charge is 2.54. The minimum atomic E-state index is -1.26.